The summed E-state index contributed by atoms with van der Waals surface area (Å²) >= 11 is -2.15. The first kappa shape index (κ1) is 14.5. The van der Waals surface area contributed by atoms with Gasteiger partial charge in [0.2, 0.25) is 0 Å². The van der Waals surface area contributed by atoms with E-state index in [2.05, 4.69) is 32.9 Å². The maximum absolute atomic E-state index is 12.4. The molecule has 1 aromatic rings. The van der Waals surface area contributed by atoms with Gasteiger partial charge in [0.15, 0.2) is 0 Å². The number of rotatable bonds is 7. The van der Waals surface area contributed by atoms with Crippen molar-refractivity contribution >= 4 is 17.9 Å². The van der Waals surface area contributed by atoms with Gasteiger partial charge in [0.1, 0.15) is 0 Å². The Balaban J connectivity index is 2.60. The molecule has 17 heavy (non-hydrogen) atoms. The van der Waals surface area contributed by atoms with Crippen LogP contribution >= 0.6 is 0 Å². The van der Waals surface area contributed by atoms with Gasteiger partial charge in [0, 0.05) is 0 Å². The molecule has 0 saturated carbocycles. The van der Waals surface area contributed by atoms with Crippen LogP contribution in [0.4, 0.5) is 0 Å². The number of aryl methyl sites for hydroxylation is 1. The van der Waals surface area contributed by atoms with Crippen LogP contribution in [-0.4, -0.2) is 17.9 Å². The average Bonchev–Trinajstić information content (AvgIpc) is 2.40. The van der Waals surface area contributed by atoms with E-state index in [1.165, 1.54) is 5.56 Å². The summed E-state index contributed by atoms with van der Waals surface area (Å²) in [5.41, 5.74) is 1.29. The van der Waals surface area contributed by atoms with Crippen LogP contribution in [0.25, 0.3) is 0 Å². The summed E-state index contributed by atoms with van der Waals surface area (Å²) in [5, 5.41) is 3.46. The fraction of sp³-hybridized carbons (Fsp3) is 0.533. The zero-order chi connectivity index (χ0) is 12.7. The third-order valence-corrected chi connectivity index (χ3v) is 15.6. The van der Waals surface area contributed by atoms with E-state index in [9.17, 15) is 4.79 Å². The quantitative estimate of drug-likeness (QED) is 0.687. The summed E-state index contributed by atoms with van der Waals surface area (Å²) < 4.78 is 0.626. The predicted molar refractivity (Wildman–Crippen MR) is 77.0 cm³/mol. The SMILES string of the molecule is C[CH2][Ge]([CH2]C)([CH2]C)[C](=O)CCc1ccccc1. The second-order valence-electron chi connectivity index (χ2n) is 4.75. The molecule has 0 atom stereocenters. The fourth-order valence-electron chi connectivity index (χ4n) is 2.51. The van der Waals surface area contributed by atoms with Crippen molar-refractivity contribution in [2.24, 2.45) is 0 Å². The summed E-state index contributed by atoms with van der Waals surface area (Å²) in [6.07, 6.45) is 1.69. The second-order valence-corrected chi connectivity index (χ2v) is 15.7. The molecule has 0 aliphatic rings. The van der Waals surface area contributed by atoms with E-state index in [1.807, 2.05) is 18.2 Å². The molecule has 0 N–H and O–H groups in total. The Morgan fingerprint density at radius 3 is 2.00 bits per heavy atom. The predicted octanol–water partition coefficient (Wildman–Crippen LogP) is 4.24. The monoisotopic (exact) mass is 294 g/mol. The maximum atomic E-state index is 12.4. The van der Waals surface area contributed by atoms with Crippen molar-refractivity contribution in [1.29, 1.82) is 0 Å². The van der Waals surface area contributed by atoms with Crippen LogP contribution in [0.2, 0.25) is 15.8 Å². The third kappa shape index (κ3) is 3.70. The third-order valence-electron chi connectivity index (χ3n) is 4.11. The molecule has 0 heterocycles. The van der Waals surface area contributed by atoms with Crippen LogP contribution < -0.4 is 0 Å². The summed E-state index contributed by atoms with van der Waals surface area (Å²) in [5.74, 6) is 0. The summed E-state index contributed by atoms with van der Waals surface area (Å²) in [7, 11) is 0. The Bertz CT molecular complexity index is 333. The number of carbonyl (C=O) groups excluding carboxylic acids is 1. The van der Waals surface area contributed by atoms with E-state index in [1.54, 1.807) is 0 Å². The van der Waals surface area contributed by atoms with Gasteiger partial charge in [0.25, 0.3) is 0 Å². The molecule has 1 nitrogen and oxygen atoms in total. The van der Waals surface area contributed by atoms with Crippen molar-refractivity contribution in [2.45, 2.75) is 49.4 Å². The second kappa shape index (κ2) is 7.00. The van der Waals surface area contributed by atoms with Crippen molar-refractivity contribution in [3.8, 4) is 0 Å². The van der Waals surface area contributed by atoms with Crippen molar-refractivity contribution in [3.63, 3.8) is 0 Å². The topological polar surface area (TPSA) is 17.1 Å². The van der Waals surface area contributed by atoms with Gasteiger partial charge < -0.3 is 0 Å². The van der Waals surface area contributed by atoms with E-state index in [0.29, 0.717) is 4.62 Å². The molecule has 0 radical (unpaired) electrons. The van der Waals surface area contributed by atoms with Gasteiger partial charge >= 0.3 is 108 Å². The Labute approximate surface area is 108 Å². The first-order valence-electron chi connectivity index (χ1n) is 6.75. The van der Waals surface area contributed by atoms with Crippen molar-refractivity contribution in [1.82, 2.24) is 0 Å². The molecule has 0 amide bonds. The molecule has 1 aromatic carbocycles. The first-order valence-corrected chi connectivity index (χ1v) is 12.3. The standard InChI is InChI=1S/C15H24GeO/c1-4-16(5-2,6-3)15(17)13-12-14-10-8-7-9-11-14/h7-11H,4-6,12-13H2,1-3H3. The van der Waals surface area contributed by atoms with Crippen molar-refractivity contribution < 1.29 is 4.79 Å². The number of carbonyl (C=O) groups is 1. The zero-order valence-corrected chi connectivity index (χ0v) is 13.4. The molecule has 0 saturated heterocycles. The van der Waals surface area contributed by atoms with Crippen LogP contribution in [0.3, 0.4) is 0 Å². The normalized spacial score (nSPS) is 11.5. The molecular weight excluding hydrogens is 269 g/mol. The van der Waals surface area contributed by atoms with Gasteiger partial charge in [-0.05, 0) is 0 Å². The van der Waals surface area contributed by atoms with Gasteiger partial charge in [-0.15, -0.1) is 0 Å². The molecule has 2 heteroatoms. The molecule has 1 rings (SSSR count). The van der Waals surface area contributed by atoms with Crippen molar-refractivity contribution in [2.75, 3.05) is 0 Å². The molecule has 0 bridgehead atoms. The Morgan fingerprint density at radius 1 is 1.00 bits per heavy atom. The van der Waals surface area contributed by atoms with Gasteiger partial charge in [-0.25, -0.2) is 0 Å². The molecule has 0 fully saturated rings. The molecule has 0 unspecified atom stereocenters. The van der Waals surface area contributed by atoms with Crippen LogP contribution in [0, 0.1) is 0 Å². The van der Waals surface area contributed by atoms with Gasteiger partial charge in [-0.1, -0.05) is 0 Å². The molecule has 0 aliphatic heterocycles. The summed E-state index contributed by atoms with van der Waals surface area (Å²) in [4.78, 5) is 12.4. The first-order chi connectivity index (χ1) is 8.18. The summed E-state index contributed by atoms with van der Waals surface area (Å²) in [6.45, 7) is 6.65. The van der Waals surface area contributed by atoms with Crippen LogP contribution in [0.5, 0.6) is 0 Å². The van der Waals surface area contributed by atoms with Gasteiger partial charge in [-0.3, -0.25) is 0 Å². The van der Waals surface area contributed by atoms with Crippen LogP contribution in [0.15, 0.2) is 30.3 Å². The van der Waals surface area contributed by atoms with E-state index >= 15 is 0 Å². The van der Waals surface area contributed by atoms with E-state index in [-0.39, 0.29) is 0 Å². The number of hydrogen-bond donors (Lipinski definition) is 0. The number of hydrogen-bond acceptors (Lipinski definition) is 1. The number of benzene rings is 1. The minimum atomic E-state index is -2.15. The Hall–Kier alpha value is -0.567. The van der Waals surface area contributed by atoms with Crippen LogP contribution in [0.1, 0.15) is 32.8 Å². The fourth-order valence-corrected chi connectivity index (χ4v) is 9.51. The molecule has 0 spiro atoms. The Morgan fingerprint density at radius 2 is 1.53 bits per heavy atom. The molecule has 0 aromatic heterocycles. The average molecular weight is 293 g/mol. The van der Waals surface area contributed by atoms with Crippen molar-refractivity contribution in [3.05, 3.63) is 35.9 Å². The van der Waals surface area contributed by atoms with E-state index in [0.717, 1.165) is 28.6 Å². The Kier molecular flexibility index (Phi) is 5.97. The van der Waals surface area contributed by atoms with E-state index in [4.69, 9.17) is 0 Å². The van der Waals surface area contributed by atoms with E-state index < -0.39 is 13.3 Å². The summed E-state index contributed by atoms with van der Waals surface area (Å²) in [6, 6.07) is 10.4. The van der Waals surface area contributed by atoms with Gasteiger partial charge in [-0.2, -0.15) is 0 Å². The minimum absolute atomic E-state index is 0.626. The van der Waals surface area contributed by atoms with Crippen LogP contribution in [-0.2, 0) is 11.2 Å². The molecular formula is C15H24GeO. The zero-order valence-electron chi connectivity index (χ0n) is 11.3. The molecule has 94 valence electrons. The van der Waals surface area contributed by atoms with Gasteiger partial charge in [0.05, 0.1) is 0 Å². The molecule has 0 aliphatic carbocycles.